The van der Waals surface area contributed by atoms with Crippen molar-refractivity contribution < 1.29 is 5.11 Å². The minimum absolute atomic E-state index is 0.276. The van der Waals surface area contributed by atoms with Gasteiger partial charge in [-0.15, -0.1) is 0 Å². The van der Waals surface area contributed by atoms with E-state index in [1.54, 1.807) is 0 Å². The van der Waals surface area contributed by atoms with Gasteiger partial charge in [0.2, 0.25) is 0 Å². The SMILES string of the molecule is CCCCCCCCCCCCCCCC[C](C)CO. The molecular weight excluding hydrogens is 244 g/mol. The molecule has 0 spiro atoms. The Kier molecular flexibility index (Phi) is 17.0. The molecule has 0 atom stereocenters. The molecule has 0 rings (SSSR count). The summed E-state index contributed by atoms with van der Waals surface area (Å²) in [7, 11) is 0. The van der Waals surface area contributed by atoms with E-state index in [9.17, 15) is 0 Å². The Morgan fingerprint density at radius 1 is 0.600 bits per heavy atom. The third kappa shape index (κ3) is 16.0. The Morgan fingerprint density at radius 2 is 0.950 bits per heavy atom. The number of unbranched alkanes of at least 4 members (excludes halogenated alkanes) is 13. The molecule has 0 saturated heterocycles. The molecule has 1 radical (unpaired) electrons. The smallest absolute Gasteiger partial charge is 0.0490 e. The van der Waals surface area contributed by atoms with Crippen molar-refractivity contribution in [2.75, 3.05) is 6.61 Å². The fraction of sp³-hybridized carbons (Fsp3) is 0.947. The summed E-state index contributed by atoms with van der Waals surface area (Å²) < 4.78 is 0. The fourth-order valence-electron chi connectivity index (χ4n) is 2.70. The second-order valence-electron chi connectivity index (χ2n) is 6.46. The average molecular weight is 284 g/mol. The van der Waals surface area contributed by atoms with E-state index in [2.05, 4.69) is 13.8 Å². The first-order valence-electron chi connectivity index (χ1n) is 9.23. The Labute approximate surface area is 128 Å². The lowest BCUT2D eigenvalue weighted by Crippen LogP contribution is -1.97. The Balaban J connectivity index is 2.96. The van der Waals surface area contributed by atoms with Gasteiger partial charge in [0.05, 0.1) is 0 Å². The molecule has 1 heteroatoms. The van der Waals surface area contributed by atoms with Gasteiger partial charge in [-0.05, 0) is 12.3 Å². The van der Waals surface area contributed by atoms with E-state index < -0.39 is 0 Å². The zero-order chi connectivity index (χ0) is 14.9. The number of aliphatic hydroxyl groups excluding tert-OH is 1. The van der Waals surface area contributed by atoms with Gasteiger partial charge >= 0.3 is 0 Å². The molecule has 0 aromatic heterocycles. The van der Waals surface area contributed by atoms with E-state index in [1.165, 1.54) is 95.8 Å². The molecule has 0 bridgehead atoms. The number of aliphatic hydroxyl groups is 1. The van der Waals surface area contributed by atoms with E-state index in [-0.39, 0.29) is 6.61 Å². The van der Waals surface area contributed by atoms with Crippen molar-refractivity contribution in [3.05, 3.63) is 5.92 Å². The lowest BCUT2D eigenvalue weighted by molar-refractivity contribution is 0.301. The Bertz CT molecular complexity index is 167. The molecule has 0 fully saturated rings. The molecule has 0 amide bonds. The van der Waals surface area contributed by atoms with Gasteiger partial charge in [0.1, 0.15) is 0 Å². The van der Waals surface area contributed by atoms with E-state index >= 15 is 0 Å². The van der Waals surface area contributed by atoms with E-state index in [1.807, 2.05) is 0 Å². The second kappa shape index (κ2) is 17.0. The van der Waals surface area contributed by atoms with Crippen molar-refractivity contribution in [3.63, 3.8) is 0 Å². The van der Waals surface area contributed by atoms with Crippen molar-refractivity contribution in [1.29, 1.82) is 0 Å². The van der Waals surface area contributed by atoms with Crippen LogP contribution in [0.5, 0.6) is 0 Å². The second-order valence-corrected chi connectivity index (χ2v) is 6.46. The van der Waals surface area contributed by atoms with Gasteiger partial charge in [-0.1, -0.05) is 104 Å². The van der Waals surface area contributed by atoms with Crippen LogP contribution in [0.4, 0.5) is 0 Å². The van der Waals surface area contributed by atoms with Crippen LogP contribution in [-0.2, 0) is 0 Å². The van der Waals surface area contributed by atoms with Crippen molar-refractivity contribution in [3.8, 4) is 0 Å². The molecule has 0 aromatic rings. The molecule has 20 heavy (non-hydrogen) atoms. The third-order valence-electron chi connectivity index (χ3n) is 4.23. The van der Waals surface area contributed by atoms with E-state index in [4.69, 9.17) is 5.11 Å². The van der Waals surface area contributed by atoms with Crippen molar-refractivity contribution in [2.24, 2.45) is 0 Å². The highest BCUT2D eigenvalue weighted by Gasteiger charge is 1.99. The van der Waals surface area contributed by atoms with Gasteiger partial charge in [-0.2, -0.15) is 0 Å². The fourth-order valence-corrected chi connectivity index (χ4v) is 2.70. The van der Waals surface area contributed by atoms with E-state index in [0.29, 0.717) is 0 Å². The number of rotatable bonds is 16. The van der Waals surface area contributed by atoms with Crippen LogP contribution in [-0.4, -0.2) is 11.7 Å². The van der Waals surface area contributed by atoms with Crippen LogP contribution in [0.25, 0.3) is 0 Å². The summed E-state index contributed by atoms with van der Waals surface area (Å²) in [5, 5.41) is 8.90. The van der Waals surface area contributed by atoms with Gasteiger partial charge in [0, 0.05) is 6.61 Å². The van der Waals surface area contributed by atoms with Crippen LogP contribution < -0.4 is 0 Å². The lowest BCUT2D eigenvalue weighted by atomic mass is 10.0. The molecule has 1 N–H and O–H groups in total. The summed E-state index contributed by atoms with van der Waals surface area (Å²) in [5.41, 5.74) is 0. The Morgan fingerprint density at radius 3 is 1.30 bits per heavy atom. The summed E-state index contributed by atoms with van der Waals surface area (Å²) >= 11 is 0. The molecule has 0 aliphatic rings. The monoisotopic (exact) mass is 283 g/mol. The quantitative estimate of drug-likeness (QED) is 0.323. The number of hydrogen-bond acceptors (Lipinski definition) is 1. The van der Waals surface area contributed by atoms with Crippen LogP contribution in [0.2, 0.25) is 0 Å². The average Bonchev–Trinajstić information content (AvgIpc) is 2.47. The highest BCUT2D eigenvalue weighted by molar-refractivity contribution is 4.81. The van der Waals surface area contributed by atoms with Crippen LogP contribution in [0.15, 0.2) is 0 Å². The van der Waals surface area contributed by atoms with Crippen molar-refractivity contribution in [1.82, 2.24) is 0 Å². The summed E-state index contributed by atoms with van der Waals surface area (Å²) in [5.74, 6) is 1.24. The summed E-state index contributed by atoms with van der Waals surface area (Å²) in [6.45, 7) is 4.62. The molecule has 0 unspecified atom stereocenters. The zero-order valence-electron chi connectivity index (χ0n) is 14.3. The molecule has 0 aliphatic heterocycles. The minimum Gasteiger partial charge on any atom is -0.396 e. The van der Waals surface area contributed by atoms with Gasteiger partial charge < -0.3 is 5.11 Å². The van der Waals surface area contributed by atoms with Gasteiger partial charge in [0.15, 0.2) is 0 Å². The van der Waals surface area contributed by atoms with Crippen molar-refractivity contribution >= 4 is 0 Å². The maximum Gasteiger partial charge on any atom is 0.0490 e. The summed E-state index contributed by atoms with van der Waals surface area (Å²) in [6, 6.07) is 0. The largest absolute Gasteiger partial charge is 0.396 e. The minimum atomic E-state index is 0.276. The van der Waals surface area contributed by atoms with Crippen LogP contribution in [0.1, 0.15) is 110 Å². The zero-order valence-corrected chi connectivity index (χ0v) is 14.3. The van der Waals surface area contributed by atoms with Crippen LogP contribution >= 0.6 is 0 Å². The van der Waals surface area contributed by atoms with Gasteiger partial charge in [-0.25, -0.2) is 0 Å². The summed E-state index contributed by atoms with van der Waals surface area (Å²) in [6.07, 6.45) is 20.9. The maximum atomic E-state index is 8.90. The predicted octanol–water partition coefficient (Wildman–Crippen LogP) is 6.44. The predicted molar refractivity (Wildman–Crippen MR) is 90.9 cm³/mol. The first-order chi connectivity index (χ1) is 9.81. The molecular formula is C19H39O. The van der Waals surface area contributed by atoms with Gasteiger partial charge in [0.25, 0.3) is 0 Å². The first kappa shape index (κ1) is 20.0. The lowest BCUT2D eigenvalue weighted by Gasteiger charge is -2.06. The summed E-state index contributed by atoms with van der Waals surface area (Å²) in [4.78, 5) is 0. The Hall–Kier alpha value is -0.0400. The highest BCUT2D eigenvalue weighted by Crippen LogP contribution is 2.15. The highest BCUT2D eigenvalue weighted by atomic mass is 16.3. The van der Waals surface area contributed by atoms with Gasteiger partial charge in [-0.3, -0.25) is 0 Å². The molecule has 0 aromatic carbocycles. The normalized spacial score (nSPS) is 11.4. The standard InChI is InChI=1S/C19H39O/c1-3-4-5-6-7-8-9-10-11-12-13-14-15-16-17-19(2)18-20/h20H,3-18H2,1-2H3. The van der Waals surface area contributed by atoms with E-state index in [0.717, 1.165) is 6.42 Å². The molecule has 0 saturated carbocycles. The molecule has 0 aliphatic carbocycles. The first-order valence-corrected chi connectivity index (χ1v) is 9.23. The topological polar surface area (TPSA) is 20.2 Å². The van der Waals surface area contributed by atoms with Crippen molar-refractivity contribution in [2.45, 2.75) is 110 Å². The maximum absolute atomic E-state index is 8.90. The molecule has 0 heterocycles. The third-order valence-corrected chi connectivity index (χ3v) is 4.23. The molecule has 1 nitrogen and oxygen atoms in total. The van der Waals surface area contributed by atoms with Crippen LogP contribution in [0, 0.1) is 5.92 Å². The number of hydrogen-bond donors (Lipinski definition) is 1. The van der Waals surface area contributed by atoms with Crippen LogP contribution in [0.3, 0.4) is 0 Å². The molecule has 121 valence electrons.